The number of rotatable bonds is 7. The Balaban J connectivity index is 1.90. The number of carbonyl (C=O) groups excluding carboxylic acids is 1. The molecule has 0 unspecified atom stereocenters. The number of hydrogen-bond donors (Lipinski definition) is 1. The molecule has 26 heavy (non-hydrogen) atoms. The highest BCUT2D eigenvalue weighted by molar-refractivity contribution is 6.35. The van der Waals surface area contributed by atoms with Gasteiger partial charge in [-0.3, -0.25) is 0 Å². The molecule has 1 aromatic heterocycles. The second-order valence-corrected chi connectivity index (χ2v) is 6.24. The minimum Gasteiger partial charge on any atom is -0.493 e. The Hall–Kier alpha value is -2.54. The van der Waals surface area contributed by atoms with Gasteiger partial charge in [0.1, 0.15) is 16.7 Å². The maximum absolute atomic E-state index is 12.0. The quantitative estimate of drug-likeness (QED) is 0.740. The molecule has 0 saturated heterocycles. The molecule has 2 aromatic rings. The van der Waals surface area contributed by atoms with Crippen molar-refractivity contribution in [3.05, 3.63) is 40.3 Å². The van der Waals surface area contributed by atoms with Crippen LogP contribution in [0.1, 0.15) is 40.6 Å². The molecular formula is C18H20ClN3O4. The monoisotopic (exact) mass is 377 g/mol. The van der Waals surface area contributed by atoms with Crippen LogP contribution in [0.15, 0.2) is 18.2 Å². The molecule has 1 aromatic carbocycles. The molecule has 0 spiro atoms. The van der Waals surface area contributed by atoms with Crippen LogP contribution in [0.4, 0.5) is 5.82 Å². The number of benzene rings is 1. The Labute approximate surface area is 156 Å². The summed E-state index contributed by atoms with van der Waals surface area (Å²) in [6.07, 6.45) is 2.01. The molecule has 7 nitrogen and oxygen atoms in total. The minimum atomic E-state index is -0.582. The molecule has 0 radical (unpaired) electrons. The second-order valence-electron chi connectivity index (χ2n) is 5.87. The normalized spacial score (nSPS) is 13.2. The van der Waals surface area contributed by atoms with Crippen molar-refractivity contribution in [1.82, 2.24) is 9.97 Å². The fraction of sp³-hybridized carbons (Fsp3) is 0.389. The number of para-hydroxylation sites is 1. The number of hydrogen-bond acceptors (Lipinski definition) is 7. The van der Waals surface area contributed by atoms with Crippen molar-refractivity contribution < 1.29 is 19.0 Å². The Morgan fingerprint density at radius 2 is 2.00 bits per heavy atom. The molecule has 8 heteroatoms. The first kappa shape index (κ1) is 18.3. The van der Waals surface area contributed by atoms with E-state index in [9.17, 15) is 4.79 Å². The number of halogens is 1. The molecule has 0 aliphatic heterocycles. The van der Waals surface area contributed by atoms with E-state index in [4.69, 9.17) is 25.8 Å². The maximum atomic E-state index is 12.0. The zero-order chi connectivity index (χ0) is 18.7. The molecule has 1 fully saturated rings. The van der Waals surface area contributed by atoms with Gasteiger partial charge in [0.25, 0.3) is 0 Å². The zero-order valence-electron chi connectivity index (χ0n) is 14.8. The molecule has 1 saturated carbocycles. The molecule has 0 bridgehead atoms. The van der Waals surface area contributed by atoms with Gasteiger partial charge in [0, 0.05) is 18.0 Å². The molecule has 1 aliphatic carbocycles. The first-order valence-electron chi connectivity index (χ1n) is 8.18. The van der Waals surface area contributed by atoms with E-state index in [-0.39, 0.29) is 16.6 Å². The Bertz CT molecular complexity index is 824. The van der Waals surface area contributed by atoms with Gasteiger partial charge < -0.3 is 19.5 Å². The average molecular weight is 378 g/mol. The highest BCUT2D eigenvalue weighted by Gasteiger charge is 2.30. The number of nitrogens with one attached hydrogen (secondary N) is 1. The van der Waals surface area contributed by atoms with Gasteiger partial charge in [-0.1, -0.05) is 23.7 Å². The first-order chi connectivity index (χ1) is 12.6. The number of anilines is 1. The van der Waals surface area contributed by atoms with Gasteiger partial charge in [-0.15, -0.1) is 0 Å². The number of nitrogens with zero attached hydrogens (tertiary/aromatic N) is 2. The van der Waals surface area contributed by atoms with Crippen molar-refractivity contribution in [2.24, 2.45) is 0 Å². The van der Waals surface area contributed by atoms with Crippen LogP contribution < -0.4 is 14.8 Å². The standard InChI is InChI=1S/C18H20ClN3O4/c1-24-12-6-4-5-11(15(12)25-2)9-20-17-13(19)14(18(23)26-3)21-16(22-17)10-7-8-10/h4-6,10H,7-9H2,1-3H3,(H,20,21,22). The SMILES string of the molecule is COC(=O)c1nc(C2CC2)nc(NCc2cccc(OC)c2OC)c1Cl. The second kappa shape index (κ2) is 7.78. The maximum Gasteiger partial charge on any atom is 0.358 e. The van der Waals surface area contributed by atoms with Gasteiger partial charge in [0.2, 0.25) is 0 Å². The summed E-state index contributed by atoms with van der Waals surface area (Å²) in [5, 5.41) is 3.31. The summed E-state index contributed by atoms with van der Waals surface area (Å²) < 4.78 is 15.5. The van der Waals surface area contributed by atoms with Gasteiger partial charge in [0.05, 0.1) is 21.3 Å². The number of carbonyl (C=O) groups is 1. The van der Waals surface area contributed by atoms with Crippen LogP contribution in [-0.4, -0.2) is 37.3 Å². The van der Waals surface area contributed by atoms with Crippen LogP contribution >= 0.6 is 11.6 Å². The molecule has 138 valence electrons. The number of methoxy groups -OCH3 is 3. The zero-order valence-corrected chi connectivity index (χ0v) is 15.6. The van der Waals surface area contributed by atoms with Crippen LogP contribution in [0, 0.1) is 0 Å². The third-order valence-electron chi connectivity index (χ3n) is 4.12. The smallest absolute Gasteiger partial charge is 0.358 e. The van der Waals surface area contributed by atoms with Crippen molar-refractivity contribution in [2.45, 2.75) is 25.3 Å². The van der Waals surface area contributed by atoms with Crippen LogP contribution in [-0.2, 0) is 11.3 Å². The van der Waals surface area contributed by atoms with E-state index >= 15 is 0 Å². The lowest BCUT2D eigenvalue weighted by molar-refractivity contribution is 0.0593. The van der Waals surface area contributed by atoms with E-state index in [2.05, 4.69) is 15.3 Å². The van der Waals surface area contributed by atoms with E-state index in [1.54, 1.807) is 14.2 Å². The fourth-order valence-corrected chi connectivity index (χ4v) is 2.84. The van der Waals surface area contributed by atoms with E-state index < -0.39 is 5.97 Å². The third kappa shape index (κ3) is 3.67. The number of ether oxygens (including phenoxy) is 3. The lowest BCUT2D eigenvalue weighted by Crippen LogP contribution is -2.13. The average Bonchev–Trinajstić information content (AvgIpc) is 3.51. The van der Waals surface area contributed by atoms with Crippen LogP contribution in [0.25, 0.3) is 0 Å². The lowest BCUT2D eigenvalue weighted by atomic mass is 10.2. The Kier molecular flexibility index (Phi) is 5.46. The van der Waals surface area contributed by atoms with E-state index in [1.165, 1.54) is 7.11 Å². The van der Waals surface area contributed by atoms with Gasteiger partial charge in [-0.25, -0.2) is 14.8 Å². The highest BCUT2D eigenvalue weighted by atomic mass is 35.5. The molecule has 1 aliphatic rings. The predicted octanol–water partition coefficient (Wildman–Crippen LogP) is 3.42. The minimum absolute atomic E-state index is 0.0752. The van der Waals surface area contributed by atoms with Gasteiger partial charge in [-0.2, -0.15) is 0 Å². The topological polar surface area (TPSA) is 82.6 Å². The number of esters is 1. The van der Waals surface area contributed by atoms with E-state index in [0.29, 0.717) is 29.7 Å². The Morgan fingerprint density at radius 1 is 1.23 bits per heavy atom. The molecule has 1 heterocycles. The third-order valence-corrected chi connectivity index (χ3v) is 4.48. The lowest BCUT2D eigenvalue weighted by Gasteiger charge is -2.15. The summed E-state index contributed by atoms with van der Waals surface area (Å²) in [5.41, 5.74) is 0.945. The van der Waals surface area contributed by atoms with Crippen molar-refractivity contribution in [2.75, 3.05) is 26.6 Å². The molecule has 0 amide bonds. The number of aromatic nitrogens is 2. The van der Waals surface area contributed by atoms with Crippen molar-refractivity contribution >= 4 is 23.4 Å². The van der Waals surface area contributed by atoms with Gasteiger partial charge in [0.15, 0.2) is 17.2 Å². The molecule has 0 atom stereocenters. The van der Waals surface area contributed by atoms with Crippen molar-refractivity contribution in [3.8, 4) is 11.5 Å². The van der Waals surface area contributed by atoms with Gasteiger partial charge >= 0.3 is 5.97 Å². The van der Waals surface area contributed by atoms with Gasteiger partial charge in [-0.05, 0) is 18.9 Å². The summed E-state index contributed by atoms with van der Waals surface area (Å²) in [6, 6.07) is 5.60. The van der Waals surface area contributed by atoms with E-state index in [0.717, 1.165) is 18.4 Å². The van der Waals surface area contributed by atoms with Crippen LogP contribution in [0.5, 0.6) is 11.5 Å². The van der Waals surface area contributed by atoms with Crippen LogP contribution in [0.2, 0.25) is 5.02 Å². The molecule has 3 rings (SSSR count). The summed E-state index contributed by atoms with van der Waals surface area (Å²) in [4.78, 5) is 20.7. The van der Waals surface area contributed by atoms with Crippen LogP contribution in [0.3, 0.4) is 0 Å². The summed E-state index contributed by atoms with van der Waals surface area (Å²) in [7, 11) is 4.46. The summed E-state index contributed by atoms with van der Waals surface area (Å²) in [6.45, 7) is 0.391. The summed E-state index contributed by atoms with van der Waals surface area (Å²) >= 11 is 6.33. The molecule has 1 N–H and O–H groups in total. The first-order valence-corrected chi connectivity index (χ1v) is 8.56. The fourth-order valence-electron chi connectivity index (χ4n) is 2.61. The molecular weight excluding hydrogens is 358 g/mol. The highest BCUT2D eigenvalue weighted by Crippen LogP contribution is 2.40. The van der Waals surface area contributed by atoms with Crippen molar-refractivity contribution in [3.63, 3.8) is 0 Å². The van der Waals surface area contributed by atoms with Crippen molar-refractivity contribution in [1.29, 1.82) is 0 Å². The van der Waals surface area contributed by atoms with E-state index in [1.807, 2.05) is 18.2 Å². The largest absolute Gasteiger partial charge is 0.493 e. The Morgan fingerprint density at radius 3 is 2.62 bits per heavy atom. The summed E-state index contributed by atoms with van der Waals surface area (Å²) in [5.74, 6) is 1.95. The predicted molar refractivity (Wildman–Crippen MR) is 97.2 cm³/mol.